The van der Waals surface area contributed by atoms with Gasteiger partial charge >= 0.3 is 0 Å². The topological polar surface area (TPSA) is 68.0 Å². The summed E-state index contributed by atoms with van der Waals surface area (Å²) in [6, 6.07) is 13.4. The number of rotatable bonds is 3. The van der Waals surface area contributed by atoms with E-state index in [2.05, 4.69) is 10.4 Å². The Labute approximate surface area is 99.5 Å². The standard InChI is InChI=1S/C13H13N3O/c14-16-13(17)11-6-7-15-12(9-11)8-10-4-2-1-3-5-10/h1-7,9H,8,14H2,(H,16,17). The van der Waals surface area contributed by atoms with Crippen LogP contribution in [0.3, 0.4) is 0 Å². The monoisotopic (exact) mass is 227 g/mol. The number of amides is 1. The summed E-state index contributed by atoms with van der Waals surface area (Å²) < 4.78 is 0. The van der Waals surface area contributed by atoms with Crippen LogP contribution in [0.5, 0.6) is 0 Å². The summed E-state index contributed by atoms with van der Waals surface area (Å²) in [6.45, 7) is 0. The minimum Gasteiger partial charge on any atom is -0.290 e. The molecule has 0 fully saturated rings. The van der Waals surface area contributed by atoms with Crippen LogP contribution < -0.4 is 11.3 Å². The molecule has 0 saturated heterocycles. The number of hydrogen-bond donors (Lipinski definition) is 2. The minimum atomic E-state index is -0.304. The van der Waals surface area contributed by atoms with Crippen molar-refractivity contribution in [3.05, 3.63) is 65.5 Å². The van der Waals surface area contributed by atoms with Gasteiger partial charge in [0.1, 0.15) is 0 Å². The van der Waals surface area contributed by atoms with Crippen molar-refractivity contribution in [1.29, 1.82) is 0 Å². The zero-order chi connectivity index (χ0) is 12.1. The smallest absolute Gasteiger partial charge is 0.265 e. The molecule has 1 heterocycles. The fourth-order valence-corrected chi connectivity index (χ4v) is 1.60. The van der Waals surface area contributed by atoms with E-state index >= 15 is 0 Å². The Morgan fingerprint density at radius 3 is 2.71 bits per heavy atom. The van der Waals surface area contributed by atoms with Crippen molar-refractivity contribution in [1.82, 2.24) is 10.4 Å². The van der Waals surface area contributed by atoms with E-state index in [-0.39, 0.29) is 5.91 Å². The third-order valence-corrected chi connectivity index (χ3v) is 2.44. The van der Waals surface area contributed by atoms with Crippen LogP contribution in [-0.2, 0) is 6.42 Å². The summed E-state index contributed by atoms with van der Waals surface area (Å²) in [6.07, 6.45) is 2.31. The molecule has 4 heteroatoms. The lowest BCUT2D eigenvalue weighted by molar-refractivity contribution is 0.0953. The molecule has 0 aliphatic rings. The highest BCUT2D eigenvalue weighted by Crippen LogP contribution is 2.08. The van der Waals surface area contributed by atoms with Crippen molar-refractivity contribution in [3.8, 4) is 0 Å². The third-order valence-electron chi connectivity index (χ3n) is 2.44. The van der Waals surface area contributed by atoms with E-state index in [1.165, 1.54) is 0 Å². The summed E-state index contributed by atoms with van der Waals surface area (Å²) in [4.78, 5) is 15.6. The minimum absolute atomic E-state index is 0.304. The Hall–Kier alpha value is -2.20. The quantitative estimate of drug-likeness (QED) is 0.471. The van der Waals surface area contributed by atoms with Crippen LogP contribution in [0.1, 0.15) is 21.6 Å². The average Bonchev–Trinajstić information content (AvgIpc) is 2.39. The molecule has 0 spiro atoms. The normalized spacial score (nSPS) is 9.94. The van der Waals surface area contributed by atoms with Gasteiger partial charge in [-0.1, -0.05) is 30.3 Å². The molecule has 0 atom stereocenters. The molecule has 0 aliphatic carbocycles. The molecule has 0 saturated carbocycles. The maximum absolute atomic E-state index is 11.4. The van der Waals surface area contributed by atoms with E-state index in [4.69, 9.17) is 5.84 Å². The molecular formula is C13H13N3O. The molecule has 0 radical (unpaired) electrons. The first-order valence-corrected chi connectivity index (χ1v) is 5.29. The number of carbonyl (C=O) groups excluding carboxylic acids is 1. The first kappa shape index (κ1) is 11.3. The second-order valence-electron chi connectivity index (χ2n) is 3.67. The SMILES string of the molecule is NNC(=O)c1ccnc(Cc2ccccc2)c1. The summed E-state index contributed by atoms with van der Waals surface area (Å²) in [5.74, 6) is 4.78. The molecule has 0 bridgehead atoms. The van der Waals surface area contributed by atoms with E-state index in [1.54, 1.807) is 18.3 Å². The lowest BCUT2D eigenvalue weighted by Gasteiger charge is -2.03. The second kappa shape index (κ2) is 5.23. The number of benzene rings is 1. The van der Waals surface area contributed by atoms with Gasteiger partial charge in [-0.05, 0) is 17.7 Å². The number of nitrogen functional groups attached to an aromatic ring is 1. The highest BCUT2D eigenvalue weighted by Gasteiger charge is 2.05. The predicted molar refractivity (Wildman–Crippen MR) is 65.1 cm³/mol. The first-order chi connectivity index (χ1) is 8.29. The highest BCUT2D eigenvalue weighted by atomic mass is 16.2. The molecule has 1 aromatic heterocycles. The molecule has 17 heavy (non-hydrogen) atoms. The molecule has 1 aromatic carbocycles. The van der Waals surface area contributed by atoms with Gasteiger partial charge in [0.25, 0.3) is 5.91 Å². The number of nitrogens with one attached hydrogen (secondary N) is 1. The number of hydrogen-bond acceptors (Lipinski definition) is 3. The zero-order valence-electron chi connectivity index (χ0n) is 9.26. The number of aromatic nitrogens is 1. The summed E-state index contributed by atoms with van der Waals surface area (Å²) in [5.41, 5.74) is 4.63. The third kappa shape index (κ3) is 2.89. The van der Waals surface area contributed by atoms with Crippen molar-refractivity contribution < 1.29 is 4.79 Å². The number of nitrogens with zero attached hydrogens (tertiary/aromatic N) is 1. The second-order valence-corrected chi connectivity index (χ2v) is 3.67. The van der Waals surface area contributed by atoms with E-state index in [0.717, 1.165) is 11.3 Å². The van der Waals surface area contributed by atoms with Crippen molar-refractivity contribution in [3.63, 3.8) is 0 Å². The van der Waals surface area contributed by atoms with Gasteiger partial charge < -0.3 is 0 Å². The largest absolute Gasteiger partial charge is 0.290 e. The Morgan fingerprint density at radius 1 is 1.24 bits per heavy atom. The summed E-state index contributed by atoms with van der Waals surface area (Å²) >= 11 is 0. The maximum atomic E-state index is 11.4. The van der Waals surface area contributed by atoms with E-state index in [1.807, 2.05) is 30.3 Å². The van der Waals surface area contributed by atoms with E-state index in [9.17, 15) is 4.79 Å². The molecule has 1 amide bonds. The van der Waals surface area contributed by atoms with Crippen LogP contribution in [0.15, 0.2) is 48.7 Å². The molecule has 86 valence electrons. The lowest BCUT2D eigenvalue weighted by atomic mass is 10.1. The predicted octanol–water partition coefficient (Wildman–Crippen LogP) is 1.28. The van der Waals surface area contributed by atoms with Gasteiger partial charge in [-0.3, -0.25) is 15.2 Å². The number of nitrogens with two attached hydrogens (primary N) is 1. The highest BCUT2D eigenvalue weighted by molar-refractivity contribution is 5.93. The first-order valence-electron chi connectivity index (χ1n) is 5.29. The van der Waals surface area contributed by atoms with Crippen LogP contribution in [-0.4, -0.2) is 10.9 Å². The van der Waals surface area contributed by atoms with Gasteiger partial charge in [-0.25, -0.2) is 5.84 Å². The van der Waals surface area contributed by atoms with Crippen LogP contribution in [0, 0.1) is 0 Å². The van der Waals surface area contributed by atoms with Crippen LogP contribution in [0.4, 0.5) is 0 Å². The zero-order valence-corrected chi connectivity index (χ0v) is 9.26. The Bertz CT molecular complexity index is 511. The summed E-state index contributed by atoms with van der Waals surface area (Å²) in [5, 5.41) is 0. The van der Waals surface area contributed by atoms with E-state index < -0.39 is 0 Å². The summed E-state index contributed by atoms with van der Waals surface area (Å²) in [7, 11) is 0. The van der Waals surface area contributed by atoms with Gasteiger partial charge in [0, 0.05) is 23.9 Å². The molecule has 3 N–H and O–H groups in total. The van der Waals surface area contributed by atoms with Crippen LogP contribution >= 0.6 is 0 Å². The van der Waals surface area contributed by atoms with Gasteiger partial charge in [-0.15, -0.1) is 0 Å². The van der Waals surface area contributed by atoms with Crippen molar-refractivity contribution in [2.75, 3.05) is 0 Å². The van der Waals surface area contributed by atoms with Crippen molar-refractivity contribution in [2.45, 2.75) is 6.42 Å². The van der Waals surface area contributed by atoms with Gasteiger partial charge in [0.2, 0.25) is 0 Å². The fourth-order valence-electron chi connectivity index (χ4n) is 1.60. The molecule has 0 aliphatic heterocycles. The molecule has 2 rings (SSSR count). The van der Waals surface area contributed by atoms with Gasteiger partial charge in [-0.2, -0.15) is 0 Å². The van der Waals surface area contributed by atoms with E-state index in [0.29, 0.717) is 12.0 Å². The van der Waals surface area contributed by atoms with Crippen LogP contribution in [0.25, 0.3) is 0 Å². The van der Waals surface area contributed by atoms with Crippen molar-refractivity contribution >= 4 is 5.91 Å². The number of hydrazine groups is 1. The van der Waals surface area contributed by atoms with Crippen LogP contribution in [0.2, 0.25) is 0 Å². The Balaban J connectivity index is 2.20. The number of carbonyl (C=O) groups is 1. The molecule has 4 nitrogen and oxygen atoms in total. The van der Waals surface area contributed by atoms with Gasteiger partial charge in [0.15, 0.2) is 0 Å². The molecule has 0 unspecified atom stereocenters. The van der Waals surface area contributed by atoms with Crippen molar-refractivity contribution in [2.24, 2.45) is 5.84 Å². The molecular weight excluding hydrogens is 214 g/mol. The molecule has 2 aromatic rings. The van der Waals surface area contributed by atoms with Gasteiger partial charge in [0.05, 0.1) is 0 Å². The number of pyridine rings is 1. The maximum Gasteiger partial charge on any atom is 0.265 e. The Morgan fingerprint density at radius 2 is 2.00 bits per heavy atom. The Kier molecular flexibility index (Phi) is 3.47. The average molecular weight is 227 g/mol. The fraction of sp³-hybridized carbons (Fsp3) is 0.0769. The lowest BCUT2D eigenvalue weighted by Crippen LogP contribution is -2.30.